The molecule has 1 unspecified atom stereocenters. The number of aryl methyl sites for hydroxylation is 1. The van der Waals surface area contributed by atoms with Gasteiger partial charge in [0.2, 0.25) is 0 Å². The van der Waals surface area contributed by atoms with Crippen molar-refractivity contribution in [2.45, 2.75) is 26.3 Å². The molecule has 0 saturated carbocycles. The van der Waals surface area contributed by atoms with Crippen LogP contribution >= 0.6 is 15.9 Å². The van der Waals surface area contributed by atoms with E-state index in [1.807, 2.05) is 25.1 Å². The fourth-order valence-corrected chi connectivity index (χ4v) is 2.37. The second-order valence-corrected chi connectivity index (χ2v) is 5.86. The summed E-state index contributed by atoms with van der Waals surface area (Å²) in [5.74, 6) is 1.14. The summed E-state index contributed by atoms with van der Waals surface area (Å²) in [5.41, 5.74) is 7.45. The summed E-state index contributed by atoms with van der Waals surface area (Å²) in [6.45, 7) is 3.67. The minimum Gasteiger partial charge on any atom is -0.457 e. The van der Waals surface area contributed by atoms with Gasteiger partial charge in [0.25, 0.3) is 0 Å². The van der Waals surface area contributed by atoms with Crippen molar-refractivity contribution in [3.63, 3.8) is 0 Å². The van der Waals surface area contributed by atoms with Gasteiger partial charge in [-0.05, 0) is 67.8 Å². The molecule has 2 rings (SSSR count). The first kappa shape index (κ1) is 15.0. The summed E-state index contributed by atoms with van der Waals surface area (Å²) in [7, 11) is 0. The van der Waals surface area contributed by atoms with Gasteiger partial charge >= 0.3 is 0 Å². The smallest absolute Gasteiger partial charge is 0.130 e. The summed E-state index contributed by atoms with van der Waals surface area (Å²) in [6, 6.07) is 10.6. The SMILES string of the molecule is Cc1cc(Oc2ccc(Br)cc2CC(C)N)ccc1F. The van der Waals surface area contributed by atoms with E-state index in [-0.39, 0.29) is 11.9 Å². The quantitative estimate of drug-likeness (QED) is 0.886. The molecule has 2 aromatic carbocycles. The molecular weight excluding hydrogens is 321 g/mol. The van der Waals surface area contributed by atoms with Crippen LogP contribution < -0.4 is 10.5 Å². The maximum Gasteiger partial charge on any atom is 0.130 e. The van der Waals surface area contributed by atoms with E-state index in [4.69, 9.17) is 10.5 Å². The number of halogens is 2. The minimum absolute atomic E-state index is 0.0432. The molecule has 0 aliphatic rings. The molecule has 2 nitrogen and oxygen atoms in total. The maximum atomic E-state index is 13.3. The Balaban J connectivity index is 2.30. The normalized spacial score (nSPS) is 12.2. The van der Waals surface area contributed by atoms with Gasteiger partial charge in [-0.1, -0.05) is 15.9 Å². The van der Waals surface area contributed by atoms with Gasteiger partial charge in [0.1, 0.15) is 17.3 Å². The van der Waals surface area contributed by atoms with E-state index in [9.17, 15) is 4.39 Å². The van der Waals surface area contributed by atoms with Crippen LogP contribution in [0.3, 0.4) is 0 Å². The molecule has 0 spiro atoms. The first-order chi connectivity index (χ1) is 9.45. The van der Waals surface area contributed by atoms with Gasteiger partial charge in [0, 0.05) is 10.5 Å². The first-order valence-corrected chi connectivity index (χ1v) is 7.23. The fraction of sp³-hybridized carbons (Fsp3) is 0.250. The van der Waals surface area contributed by atoms with Crippen molar-refractivity contribution < 1.29 is 9.13 Å². The average molecular weight is 338 g/mol. The molecule has 2 aromatic rings. The van der Waals surface area contributed by atoms with Crippen LogP contribution in [0.4, 0.5) is 4.39 Å². The molecular formula is C16H17BrFNO. The fourth-order valence-electron chi connectivity index (χ4n) is 1.96. The van der Waals surface area contributed by atoms with E-state index in [1.54, 1.807) is 19.1 Å². The highest BCUT2D eigenvalue weighted by molar-refractivity contribution is 9.10. The lowest BCUT2D eigenvalue weighted by Gasteiger charge is -2.14. The Bertz CT molecular complexity index is 613. The molecule has 0 saturated heterocycles. The largest absolute Gasteiger partial charge is 0.457 e. The number of rotatable bonds is 4. The second-order valence-electron chi connectivity index (χ2n) is 4.95. The zero-order valence-electron chi connectivity index (χ0n) is 11.5. The summed E-state index contributed by atoms with van der Waals surface area (Å²) < 4.78 is 20.1. The van der Waals surface area contributed by atoms with E-state index < -0.39 is 0 Å². The van der Waals surface area contributed by atoms with Gasteiger partial charge in [0.05, 0.1) is 0 Å². The Hall–Kier alpha value is -1.39. The van der Waals surface area contributed by atoms with Crippen molar-refractivity contribution in [2.24, 2.45) is 5.73 Å². The lowest BCUT2D eigenvalue weighted by atomic mass is 10.1. The Morgan fingerprint density at radius 2 is 2.00 bits per heavy atom. The van der Waals surface area contributed by atoms with Crippen molar-refractivity contribution in [2.75, 3.05) is 0 Å². The van der Waals surface area contributed by atoms with Crippen molar-refractivity contribution in [1.29, 1.82) is 0 Å². The number of ether oxygens (including phenoxy) is 1. The summed E-state index contributed by atoms with van der Waals surface area (Å²) >= 11 is 3.45. The van der Waals surface area contributed by atoms with Gasteiger partial charge in [-0.2, -0.15) is 0 Å². The Labute approximate surface area is 126 Å². The van der Waals surface area contributed by atoms with Crippen molar-refractivity contribution in [3.8, 4) is 11.5 Å². The number of hydrogen-bond acceptors (Lipinski definition) is 2. The van der Waals surface area contributed by atoms with Gasteiger partial charge in [-0.25, -0.2) is 4.39 Å². The average Bonchev–Trinajstić information content (AvgIpc) is 2.36. The molecule has 0 amide bonds. The molecule has 20 heavy (non-hydrogen) atoms. The standard InChI is InChI=1S/C16H17BrFNO/c1-10-7-14(4-5-15(10)18)20-16-6-3-13(17)9-12(16)8-11(2)19/h3-7,9,11H,8,19H2,1-2H3. The molecule has 4 heteroatoms. The Morgan fingerprint density at radius 3 is 2.65 bits per heavy atom. The van der Waals surface area contributed by atoms with E-state index in [0.29, 0.717) is 11.3 Å². The van der Waals surface area contributed by atoms with Crippen LogP contribution in [0.1, 0.15) is 18.1 Å². The van der Waals surface area contributed by atoms with E-state index in [2.05, 4.69) is 15.9 Å². The van der Waals surface area contributed by atoms with Gasteiger partial charge in [-0.15, -0.1) is 0 Å². The topological polar surface area (TPSA) is 35.2 Å². The van der Waals surface area contributed by atoms with Crippen LogP contribution in [0.15, 0.2) is 40.9 Å². The van der Waals surface area contributed by atoms with Crippen molar-refractivity contribution in [3.05, 3.63) is 57.8 Å². The van der Waals surface area contributed by atoms with E-state index >= 15 is 0 Å². The third-order valence-electron chi connectivity index (χ3n) is 2.92. The van der Waals surface area contributed by atoms with Gasteiger partial charge in [0.15, 0.2) is 0 Å². The molecule has 0 aliphatic carbocycles. The zero-order valence-corrected chi connectivity index (χ0v) is 13.1. The monoisotopic (exact) mass is 337 g/mol. The van der Waals surface area contributed by atoms with Crippen LogP contribution in [-0.4, -0.2) is 6.04 Å². The van der Waals surface area contributed by atoms with Gasteiger partial charge < -0.3 is 10.5 Å². The summed E-state index contributed by atoms with van der Waals surface area (Å²) in [4.78, 5) is 0. The molecule has 0 aliphatic heterocycles. The predicted octanol–water partition coefficient (Wildman–Crippen LogP) is 4.58. The molecule has 1 atom stereocenters. The highest BCUT2D eigenvalue weighted by atomic mass is 79.9. The van der Waals surface area contributed by atoms with Crippen LogP contribution in [-0.2, 0) is 6.42 Å². The van der Waals surface area contributed by atoms with Gasteiger partial charge in [-0.3, -0.25) is 0 Å². The third-order valence-corrected chi connectivity index (χ3v) is 3.41. The second kappa shape index (κ2) is 6.37. The molecule has 2 N–H and O–H groups in total. The Morgan fingerprint density at radius 1 is 1.25 bits per heavy atom. The van der Waals surface area contributed by atoms with E-state index in [1.165, 1.54) is 6.07 Å². The predicted molar refractivity (Wildman–Crippen MR) is 82.7 cm³/mol. The zero-order chi connectivity index (χ0) is 14.7. The molecule has 0 radical (unpaired) electrons. The first-order valence-electron chi connectivity index (χ1n) is 6.43. The van der Waals surface area contributed by atoms with Crippen LogP contribution in [0.25, 0.3) is 0 Å². The third kappa shape index (κ3) is 3.81. The molecule has 0 aromatic heterocycles. The van der Waals surface area contributed by atoms with Crippen LogP contribution in [0.2, 0.25) is 0 Å². The number of nitrogens with two attached hydrogens (primary N) is 1. The highest BCUT2D eigenvalue weighted by Crippen LogP contribution is 2.29. The number of hydrogen-bond donors (Lipinski definition) is 1. The Kier molecular flexibility index (Phi) is 4.78. The molecule has 106 valence electrons. The van der Waals surface area contributed by atoms with Crippen LogP contribution in [0, 0.1) is 12.7 Å². The summed E-state index contributed by atoms with van der Waals surface area (Å²) in [6.07, 6.45) is 0.717. The van der Waals surface area contributed by atoms with Crippen molar-refractivity contribution in [1.82, 2.24) is 0 Å². The van der Waals surface area contributed by atoms with E-state index in [0.717, 1.165) is 22.2 Å². The number of benzene rings is 2. The molecule has 0 heterocycles. The van der Waals surface area contributed by atoms with Crippen LogP contribution in [0.5, 0.6) is 11.5 Å². The molecule has 0 bridgehead atoms. The molecule has 0 fully saturated rings. The minimum atomic E-state index is -0.232. The summed E-state index contributed by atoms with van der Waals surface area (Å²) in [5, 5.41) is 0. The maximum absolute atomic E-state index is 13.3. The lowest BCUT2D eigenvalue weighted by Crippen LogP contribution is -2.18. The highest BCUT2D eigenvalue weighted by Gasteiger charge is 2.09. The van der Waals surface area contributed by atoms with Crippen molar-refractivity contribution >= 4 is 15.9 Å². The lowest BCUT2D eigenvalue weighted by molar-refractivity contribution is 0.471.